The van der Waals surface area contributed by atoms with Gasteiger partial charge in [0.2, 0.25) is 0 Å². The van der Waals surface area contributed by atoms with Gasteiger partial charge in [0.05, 0.1) is 12.9 Å². The second kappa shape index (κ2) is 6.48. The number of ether oxygens (including phenoxy) is 2. The maximum Gasteiger partial charge on any atom is 0.168 e. The molecule has 1 aromatic carbocycles. The molecule has 82 valence electrons. The fourth-order valence-electron chi connectivity index (χ4n) is 1.06. The van der Waals surface area contributed by atoms with Gasteiger partial charge in [-0.15, -0.1) is 11.8 Å². The fraction of sp³-hybridized carbons (Fsp3) is 0.364. The van der Waals surface area contributed by atoms with Crippen molar-refractivity contribution in [3.8, 4) is 5.75 Å². The lowest BCUT2D eigenvalue weighted by Crippen LogP contribution is -2.08. The summed E-state index contributed by atoms with van der Waals surface area (Å²) in [7, 11) is 3.15. The highest BCUT2D eigenvalue weighted by Crippen LogP contribution is 2.22. The first-order valence-corrected chi connectivity index (χ1v) is 5.52. The third kappa shape index (κ3) is 4.36. The van der Waals surface area contributed by atoms with Gasteiger partial charge in [-0.1, -0.05) is 6.07 Å². The highest BCUT2D eigenvalue weighted by molar-refractivity contribution is 8.00. The van der Waals surface area contributed by atoms with Crippen LogP contribution in [-0.2, 0) is 9.53 Å². The van der Waals surface area contributed by atoms with Crippen LogP contribution < -0.4 is 4.74 Å². The summed E-state index contributed by atoms with van der Waals surface area (Å²) >= 11 is 1.49. The third-order valence-electron chi connectivity index (χ3n) is 1.75. The number of rotatable bonds is 6. The first-order valence-electron chi connectivity index (χ1n) is 4.53. The quantitative estimate of drug-likeness (QED) is 0.695. The summed E-state index contributed by atoms with van der Waals surface area (Å²) in [5.74, 6) is 1.32. The minimum Gasteiger partial charge on any atom is -0.497 e. The number of Topliss-reactive ketones (excluding diaryl/α,β-unsaturated/α-hetero) is 1. The molecule has 3 nitrogen and oxygen atoms in total. The molecule has 0 N–H and O–H groups in total. The van der Waals surface area contributed by atoms with Crippen molar-refractivity contribution in [1.29, 1.82) is 0 Å². The third-order valence-corrected chi connectivity index (χ3v) is 2.80. The van der Waals surface area contributed by atoms with Crippen LogP contribution in [0, 0.1) is 0 Å². The molecule has 0 saturated carbocycles. The van der Waals surface area contributed by atoms with Crippen molar-refractivity contribution in [3.63, 3.8) is 0 Å². The summed E-state index contributed by atoms with van der Waals surface area (Å²) in [6.45, 7) is 0.178. The van der Waals surface area contributed by atoms with E-state index in [1.807, 2.05) is 24.3 Å². The Morgan fingerprint density at radius 2 is 2.20 bits per heavy atom. The molecule has 0 unspecified atom stereocenters. The Labute approximate surface area is 93.8 Å². The van der Waals surface area contributed by atoms with Crippen LogP contribution >= 0.6 is 11.8 Å². The number of carbonyl (C=O) groups is 1. The molecule has 1 aromatic rings. The van der Waals surface area contributed by atoms with Crippen LogP contribution in [0.2, 0.25) is 0 Å². The summed E-state index contributed by atoms with van der Waals surface area (Å²) in [6.07, 6.45) is 0. The van der Waals surface area contributed by atoms with Crippen LogP contribution in [0.3, 0.4) is 0 Å². The number of hydrogen-bond donors (Lipinski definition) is 0. The van der Waals surface area contributed by atoms with Gasteiger partial charge in [-0.05, 0) is 18.2 Å². The summed E-state index contributed by atoms with van der Waals surface area (Å²) in [4.78, 5) is 12.2. The molecule has 0 fully saturated rings. The minimum absolute atomic E-state index is 0.0883. The highest BCUT2D eigenvalue weighted by Gasteiger charge is 2.03. The summed E-state index contributed by atoms with van der Waals surface area (Å²) in [5.41, 5.74) is 0. The number of benzene rings is 1. The lowest BCUT2D eigenvalue weighted by Gasteiger charge is -2.03. The zero-order valence-electron chi connectivity index (χ0n) is 8.86. The molecular weight excluding hydrogens is 212 g/mol. The van der Waals surface area contributed by atoms with Crippen molar-refractivity contribution >= 4 is 17.5 Å². The zero-order valence-corrected chi connectivity index (χ0v) is 9.67. The number of hydrogen-bond acceptors (Lipinski definition) is 4. The van der Waals surface area contributed by atoms with E-state index in [1.54, 1.807) is 7.11 Å². The Morgan fingerprint density at radius 3 is 2.87 bits per heavy atom. The van der Waals surface area contributed by atoms with E-state index >= 15 is 0 Å². The van der Waals surface area contributed by atoms with Gasteiger partial charge in [0.1, 0.15) is 12.4 Å². The molecule has 0 aliphatic carbocycles. The number of methoxy groups -OCH3 is 2. The Hall–Kier alpha value is -1.00. The summed E-state index contributed by atoms with van der Waals surface area (Å²) in [5, 5.41) is 0. The molecule has 0 atom stereocenters. The van der Waals surface area contributed by atoms with Crippen molar-refractivity contribution in [2.45, 2.75) is 4.90 Å². The van der Waals surface area contributed by atoms with Crippen molar-refractivity contribution in [1.82, 2.24) is 0 Å². The second-order valence-corrected chi connectivity index (χ2v) is 3.99. The van der Waals surface area contributed by atoms with Gasteiger partial charge in [0.25, 0.3) is 0 Å². The van der Waals surface area contributed by atoms with Gasteiger partial charge in [-0.2, -0.15) is 0 Å². The number of carbonyl (C=O) groups excluding carboxylic acids is 1. The SMILES string of the molecule is COCC(=O)CSc1cccc(OC)c1. The standard InChI is InChI=1S/C11H14O3S/c1-13-7-9(12)8-15-11-5-3-4-10(6-11)14-2/h3-6H,7-8H2,1-2H3. The van der Waals surface area contributed by atoms with E-state index in [1.165, 1.54) is 18.9 Å². The zero-order chi connectivity index (χ0) is 11.1. The molecule has 0 bridgehead atoms. The summed E-state index contributed by atoms with van der Waals surface area (Å²) < 4.78 is 9.84. The van der Waals surface area contributed by atoms with E-state index in [2.05, 4.69) is 0 Å². The van der Waals surface area contributed by atoms with Crippen molar-refractivity contribution < 1.29 is 14.3 Å². The van der Waals surface area contributed by atoms with E-state index in [9.17, 15) is 4.79 Å². The first kappa shape index (κ1) is 12.1. The molecule has 0 aliphatic rings. The minimum atomic E-state index is 0.0883. The molecule has 0 radical (unpaired) electrons. The van der Waals surface area contributed by atoms with Gasteiger partial charge in [0.15, 0.2) is 5.78 Å². The molecule has 0 heterocycles. The van der Waals surface area contributed by atoms with Crippen LogP contribution in [0.4, 0.5) is 0 Å². The van der Waals surface area contributed by atoms with Crippen molar-refractivity contribution in [2.24, 2.45) is 0 Å². The van der Waals surface area contributed by atoms with E-state index in [-0.39, 0.29) is 12.4 Å². The topological polar surface area (TPSA) is 35.5 Å². The molecule has 0 saturated heterocycles. The van der Waals surface area contributed by atoms with Crippen molar-refractivity contribution in [2.75, 3.05) is 26.6 Å². The average molecular weight is 226 g/mol. The molecular formula is C11H14O3S. The van der Waals surface area contributed by atoms with Gasteiger partial charge in [0, 0.05) is 12.0 Å². The lowest BCUT2D eigenvalue weighted by molar-refractivity contribution is -0.120. The number of ketones is 1. The largest absolute Gasteiger partial charge is 0.497 e. The van der Waals surface area contributed by atoms with E-state index < -0.39 is 0 Å². The van der Waals surface area contributed by atoms with Crippen LogP contribution in [0.1, 0.15) is 0 Å². The molecule has 4 heteroatoms. The van der Waals surface area contributed by atoms with Gasteiger partial charge < -0.3 is 9.47 Å². The Kier molecular flexibility index (Phi) is 5.21. The monoisotopic (exact) mass is 226 g/mol. The van der Waals surface area contributed by atoms with E-state index in [0.717, 1.165) is 10.6 Å². The van der Waals surface area contributed by atoms with E-state index in [4.69, 9.17) is 9.47 Å². The maximum atomic E-state index is 11.2. The van der Waals surface area contributed by atoms with Gasteiger partial charge in [-0.25, -0.2) is 0 Å². The molecule has 15 heavy (non-hydrogen) atoms. The van der Waals surface area contributed by atoms with Crippen LogP contribution in [0.15, 0.2) is 29.2 Å². The number of thioether (sulfide) groups is 1. The van der Waals surface area contributed by atoms with Crippen LogP contribution in [0.25, 0.3) is 0 Å². The van der Waals surface area contributed by atoms with Gasteiger partial charge >= 0.3 is 0 Å². The molecule has 0 amide bonds. The van der Waals surface area contributed by atoms with Crippen LogP contribution in [0.5, 0.6) is 5.75 Å². The average Bonchev–Trinajstić information content (AvgIpc) is 2.27. The predicted octanol–water partition coefficient (Wildman–Crippen LogP) is 2.00. The maximum absolute atomic E-state index is 11.2. The smallest absolute Gasteiger partial charge is 0.168 e. The lowest BCUT2D eigenvalue weighted by atomic mass is 10.3. The second-order valence-electron chi connectivity index (χ2n) is 2.94. The molecule has 0 spiro atoms. The molecule has 1 rings (SSSR count). The highest BCUT2D eigenvalue weighted by atomic mass is 32.2. The predicted molar refractivity (Wildman–Crippen MR) is 60.6 cm³/mol. The fourth-order valence-corrected chi connectivity index (χ4v) is 1.84. The van der Waals surface area contributed by atoms with Crippen molar-refractivity contribution in [3.05, 3.63) is 24.3 Å². The Morgan fingerprint density at radius 1 is 1.40 bits per heavy atom. The Balaban J connectivity index is 2.46. The first-order chi connectivity index (χ1) is 7.26. The summed E-state index contributed by atoms with van der Waals surface area (Å²) in [6, 6.07) is 7.64. The van der Waals surface area contributed by atoms with E-state index in [0.29, 0.717) is 5.75 Å². The molecule has 0 aliphatic heterocycles. The van der Waals surface area contributed by atoms with Gasteiger partial charge in [-0.3, -0.25) is 4.79 Å². The molecule has 0 aromatic heterocycles. The Bertz CT molecular complexity index is 325. The normalized spacial score (nSPS) is 10.0. The van der Waals surface area contributed by atoms with Crippen LogP contribution in [-0.4, -0.2) is 32.4 Å².